The van der Waals surface area contributed by atoms with Crippen molar-refractivity contribution in [1.82, 2.24) is 5.32 Å². The molecule has 0 fully saturated rings. The normalized spacial score (nSPS) is 9.60. The highest BCUT2D eigenvalue weighted by Crippen LogP contribution is 2.10. The maximum absolute atomic E-state index is 11.7. The first kappa shape index (κ1) is 13.9. The van der Waals surface area contributed by atoms with Crippen LogP contribution >= 0.6 is 11.6 Å². The average Bonchev–Trinajstić information content (AvgIpc) is 2.47. The number of nitrogens with zero attached hydrogens (tertiary/aromatic N) is 1. The Labute approximate surface area is 122 Å². The van der Waals surface area contributed by atoms with Gasteiger partial charge in [-0.25, -0.2) is 4.79 Å². The SMILES string of the molecule is N#Cc1ccc(NC(=O)NCc2ccc(Cl)cc2)cc1. The standard InChI is InChI=1S/C15H12ClN3O/c16-13-5-1-12(2-6-13)10-18-15(20)19-14-7-3-11(9-17)4-8-14/h1-8H,10H2,(H2,18,19,20). The Kier molecular flexibility index (Phi) is 4.59. The molecule has 0 aliphatic heterocycles. The molecule has 0 spiro atoms. The lowest BCUT2D eigenvalue weighted by Crippen LogP contribution is -2.28. The minimum absolute atomic E-state index is 0.301. The van der Waals surface area contributed by atoms with Crippen LogP contribution in [0.4, 0.5) is 10.5 Å². The molecular formula is C15H12ClN3O. The van der Waals surface area contributed by atoms with Gasteiger partial charge in [0.15, 0.2) is 0 Å². The highest BCUT2D eigenvalue weighted by atomic mass is 35.5. The van der Waals surface area contributed by atoms with E-state index in [-0.39, 0.29) is 6.03 Å². The molecule has 0 aliphatic carbocycles. The quantitative estimate of drug-likeness (QED) is 0.906. The molecule has 2 aromatic rings. The van der Waals surface area contributed by atoms with Gasteiger partial charge < -0.3 is 10.6 Å². The lowest BCUT2D eigenvalue weighted by molar-refractivity contribution is 0.251. The van der Waals surface area contributed by atoms with Crippen LogP contribution in [0.15, 0.2) is 48.5 Å². The molecule has 2 rings (SSSR count). The number of nitriles is 1. The Hall–Kier alpha value is -2.51. The summed E-state index contributed by atoms with van der Waals surface area (Å²) in [5, 5.41) is 14.8. The molecule has 5 heteroatoms. The van der Waals surface area contributed by atoms with Gasteiger partial charge >= 0.3 is 6.03 Å². The molecule has 0 atom stereocenters. The number of hydrogen-bond acceptors (Lipinski definition) is 2. The Bertz CT molecular complexity index is 630. The molecule has 0 saturated heterocycles. The van der Waals surface area contributed by atoms with Gasteiger partial charge in [0.1, 0.15) is 0 Å². The van der Waals surface area contributed by atoms with Crippen molar-refractivity contribution in [1.29, 1.82) is 5.26 Å². The second-order valence-corrected chi connectivity index (χ2v) is 4.56. The van der Waals surface area contributed by atoms with Crippen molar-refractivity contribution in [2.24, 2.45) is 0 Å². The van der Waals surface area contributed by atoms with Crippen molar-refractivity contribution in [2.45, 2.75) is 6.54 Å². The van der Waals surface area contributed by atoms with Gasteiger partial charge in [-0.05, 0) is 42.0 Å². The number of rotatable bonds is 3. The van der Waals surface area contributed by atoms with E-state index in [4.69, 9.17) is 16.9 Å². The van der Waals surface area contributed by atoms with Gasteiger partial charge in [-0.1, -0.05) is 23.7 Å². The molecular weight excluding hydrogens is 274 g/mol. The largest absolute Gasteiger partial charge is 0.334 e. The summed E-state index contributed by atoms with van der Waals surface area (Å²) in [6.07, 6.45) is 0. The Balaban J connectivity index is 1.86. The first-order chi connectivity index (χ1) is 9.67. The molecule has 0 heterocycles. The molecule has 4 nitrogen and oxygen atoms in total. The van der Waals surface area contributed by atoms with E-state index in [1.807, 2.05) is 18.2 Å². The summed E-state index contributed by atoms with van der Waals surface area (Å²) in [5.41, 5.74) is 2.15. The van der Waals surface area contributed by atoms with Crippen LogP contribution in [0.25, 0.3) is 0 Å². The zero-order valence-corrected chi connectivity index (χ0v) is 11.3. The number of nitrogens with one attached hydrogen (secondary N) is 2. The van der Waals surface area contributed by atoms with Crippen LogP contribution in [-0.4, -0.2) is 6.03 Å². The van der Waals surface area contributed by atoms with Crippen LogP contribution in [-0.2, 0) is 6.54 Å². The van der Waals surface area contributed by atoms with Crippen molar-refractivity contribution in [2.75, 3.05) is 5.32 Å². The van der Waals surface area contributed by atoms with E-state index in [2.05, 4.69) is 10.6 Å². The number of benzene rings is 2. The molecule has 20 heavy (non-hydrogen) atoms. The van der Waals surface area contributed by atoms with Crippen molar-refractivity contribution < 1.29 is 4.79 Å². The minimum Gasteiger partial charge on any atom is -0.334 e. The van der Waals surface area contributed by atoms with Crippen LogP contribution in [0, 0.1) is 11.3 Å². The summed E-state index contributed by atoms with van der Waals surface area (Å²) in [5.74, 6) is 0. The van der Waals surface area contributed by atoms with Crippen LogP contribution in [0.5, 0.6) is 0 Å². The molecule has 0 bridgehead atoms. The van der Waals surface area contributed by atoms with Gasteiger partial charge in [-0.2, -0.15) is 5.26 Å². The third-order valence-electron chi connectivity index (χ3n) is 2.64. The number of amides is 2. The van der Waals surface area contributed by atoms with Gasteiger partial charge in [0.25, 0.3) is 0 Å². The number of urea groups is 1. The molecule has 100 valence electrons. The number of carbonyl (C=O) groups is 1. The molecule has 2 aromatic carbocycles. The van der Waals surface area contributed by atoms with Gasteiger partial charge in [0.2, 0.25) is 0 Å². The minimum atomic E-state index is -0.301. The Morgan fingerprint density at radius 3 is 2.35 bits per heavy atom. The van der Waals surface area contributed by atoms with Crippen molar-refractivity contribution in [3.8, 4) is 6.07 Å². The molecule has 0 aromatic heterocycles. The molecule has 0 unspecified atom stereocenters. The molecule has 2 amide bonds. The fraction of sp³-hybridized carbons (Fsp3) is 0.0667. The predicted molar refractivity (Wildman–Crippen MR) is 78.5 cm³/mol. The lowest BCUT2D eigenvalue weighted by Gasteiger charge is -2.07. The molecule has 0 aliphatic rings. The number of halogens is 1. The van der Waals surface area contributed by atoms with Gasteiger partial charge in [0.05, 0.1) is 11.6 Å². The van der Waals surface area contributed by atoms with E-state index in [9.17, 15) is 4.79 Å². The highest BCUT2D eigenvalue weighted by molar-refractivity contribution is 6.30. The smallest absolute Gasteiger partial charge is 0.319 e. The van der Waals surface area contributed by atoms with E-state index in [1.54, 1.807) is 36.4 Å². The monoisotopic (exact) mass is 285 g/mol. The van der Waals surface area contributed by atoms with Gasteiger partial charge in [-0.3, -0.25) is 0 Å². The Morgan fingerprint density at radius 1 is 1.10 bits per heavy atom. The van der Waals surface area contributed by atoms with E-state index in [0.29, 0.717) is 22.8 Å². The summed E-state index contributed by atoms with van der Waals surface area (Å²) in [6, 6.07) is 15.6. The zero-order chi connectivity index (χ0) is 14.4. The third-order valence-corrected chi connectivity index (χ3v) is 2.89. The Morgan fingerprint density at radius 2 is 1.75 bits per heavy atom. The lowest BCUT2D eigenvalue weighted by atomic mass is 10.2. The fourth-order valence-corrected chi connectivity index (χ4v) is 1.71. The van der Waals surface area contributed by atoms with Crippen molar-refractivity contribution in [3.63, 3.8) is 0 Å². The maximum Gasteiger partial charge on any atom is 0.319 e. The fourth-order valence-electron chi connectivity index (χ4n) is 1.59. The topological polar surface area (TPSA) is 64.9 Å². The second kappa shape index (κ2) is 6.60. The van der Waals surface area contributed by atoms with Crippen LogP contribution < -0.4 is 10.6 Å². The summed E-state index contributed by atoms with van der Waals surface area (Å²) in [4.78, 5) is 11.7. The van der Waals surface area contributed by atoms with Crippen molar-refractivity contribution >= 4 is 23.3 Å². The van der Waals surface area contributed by atoms with E-state index in [0.717, 1.165) is 5.56 Å². The van der Waals surface area contributed by atoms with Crippen LogP contribution in [0.1, 0.15) is 11.1 Å². The number of carbonyl (C=O) groups excluding carboxylic acids is 1. The predicted octanol–water partition coefficient (Wildman–Crippen LogP) is 3.53. The van der Waals surface area contributed by atoms with Gasteiger partial charge in [0, 0.05) is 17.3 Å². The molecule has 2 N–H and O–H groups in total. The number of hydrogen-bond donors (Lipinski definition) is 2. The summed E-state index contributed by atoms with van der Waals surface area (Å²) >= 11 is 5.78. The first-order valence-electron chi connectivity index (χ1n) is 5.97. The molecule has 0 radical (unpaired) electrons. The molecule has 0 saturated carbocycles. The highest BCUT2D eigenvalue weighted by Gasteiger charge is 2.02. The van der Waals surface area contributed by atoms with Gasteiger partial charge in [-0.15, -0.1) is 0 Å². The first-order valence-corrected chi connectivity index (χ1v) is 6.34. The summed E-state index contributed by atoms with van der Waals surface area (Å²) < 4.78 is 0. The maximum atomic E-state index is 11.7. The summed E-state index contributed by atoms with van der Waals surface area (Å²) in [6.45, 7) is 0.416. The number of anilines is 1. The average molecular weight is 286 g/mol. The second-order valence-electron chi connectivity index (χ2n) is 4.12. The van der Waals surface area contributed by atoms with E-state index < -0.39 is 0 Å². The third kappa shape index (κ3) is 4.01. The van der Waals surface area contributed by atoms with E-state index in [1.165, 1.54) is 0 Å². The van der Waals surface area contributed by atoms with Crippen LogP contribution in [0.3, 0.4) is 0 Å². The zero-order valence-electron chi connectivity index (χ0n) is 10.6. The van der Waals surface area contributed by atoms with Crippen LogP contribution in [0.2, 0.25) is 5.02 Å². The van der Waals surface area contributed by atoms with Crippen molar-refractivity contribution in [3.05, 3.63) is 64.7 Å². The summed E-state index contributed by atoms with van der Waals surface area (Å²) in [7, 11) is 0. The van der Waals surface area contributed by atoms with E-state index >= 15 is 0 Å².